The van der Waals surface area contributed by atoms with Crippen molar-refractivity contribution in [3.63, 3.8) is 0 Å². The van der Waals surface area contributed by atoms with Crippen molar-refractivity contribution in [3.05, 3.63) is 0 Å². The van der Waals surface area contributed by atoms with Crippen molar-refractivity contribution in [1.29, 1.82) is 0 Å². The summed E-state index contributed by atoms with van der Waals surface area (Å²) >= 11 is 0. The minimum Gasteiger partial charge on any atom is -0.303 e. The van der Waals surface area contributed by atoms with Crippen LogP contribution in [-0.2, 0) is 4.79 Å². The Morgan fingerprint density at radius 2 is 2.00 bits per heavy atom. The zero-order chi connectivity index (χ0) is 12.3. The average Bonchev–Trinajstić information content (AvgIpc) is 2.60. The number of hydrogen-bond donors (Lipinski definition) is 0. The predicted octanol–water partition coefficient (Wildman–Crippen LogP) is 2.97. The SMILES string of the molecule is CC(C)C1CCN(CCC(=O)C(C)(C)C)C1. The third-order valence-electron chi connectivity index (χ3n) is 3.74. The molecular weight excluding hydrogens is 198 g/mol. The van der Waals surface area contributed by atoms with Crippen molar-refractivity contribution >= 4 is 5.78 Å². The highest BCUT2D eigenvalue weighted by atomic mass is 16.1. The van der Waals surface area contributed by atoms with Gasteiger partial charge in [0.15, 0.2) is 0 Å². The Morgan fingerprint density at radius 1 is 1.38 bits per heavy atom. The molecule has 0 aromatic rings. The zero-order valence-corrected chi connectivity index (χ0v) is 11.5. The largest absolute Gasteiger partial charge is 0.303 e. The topological polar surface area (TPSA) is 20.3 Å². The molecule has 1 aliphatic heterocycles. The number of rotatable bonds is 4. The summed E-state index contributed by atoms with van der Waals surface area (Å²) in [6.45, 7) is 14.0. The summed E-state index contributed by atoms with van der Waals surface area (Å²) < 4.78 is 0. The fraction of sp³-hybridized carbons (Fsp3) is 0.929. The Morgan fingerprint density at radius 3 is 2.44 bits per heavy atom. The second-order valence-corrected chi connectivity index (χ2v) is 6.52. The molecule has 16 heavy (non-hydrogen) atoms. The van der Waals surface area contributed by atoms with Gasteiger partial charge in [0.1, 0.15) is 5.78 Å². The zero-order valence-electron chi connectivity index (χ0n) is 11.5. The van der Waals surface area contributed by atoms with Gasteiger partial charge in [0.2, 0.25) is 0 Å². The predicted molar refractivity (Wildman–Crippen MR) is 68.5 cm³/mol. The van der Waals surface area contributed by atoms with Gasteiger partial charge in [-0.05, 0) is 24.8 Å². The van der Waals surface area contributed by atoms with E-state index in [-0.39, 0.29) is 5.41 Å². The molecule has 1 rings (SSSR count). The van der Waals surface area contributed by atoms with Crippen LogP contribution < -0.4 is 0 Å². The van der Waals surface area contributed by atoms with Gasteiger partial charge in [0.05, 0.1) is 0 Å². The maximum Gasteiger partial charge on any atom is 0.139 e. The Kier molecular flexibility index (Phi) is 4.54. The van der Waals surface area contributed by atoms with Crippen molar-refractivity contribution in [2.24, 2.45) is 17.3 Å². The number of hydrogen-bond acceptors (Lipinski definition) is 2. The van der Waals surface area contributed by atoms with E-state index in [4.69, 9.17) is 0 Å². The van der Waals surface area contributed by atoms with E-state index in [1.54, 1.807) is 0 Å². The van der Waals surface area contributed by atoms with Crippen molar-refractivity contribution in [1.82, 2.24) is 4.90 Å². The monoisotopic (exact) mass is 225 g/mol. The third-order valence-corrected chi connectivity index (χ3v) is 3.74. The first-order valence-electron chi connectivity index (χ1n) is 6.56. The van der Waals surface area contributed by atoms with E-state index in [1.807, 2.05) is 20.8 Å². The molecule has 1 aliphatic rings. The van der Waals surface area contributed by atoms with Gasteiger partial charge in [-0.25, -0.2) is 0 Å². The summed E-state index contributed by atoms with van der Waals surface area (Å²) in [5.41, 5.74) is -0.169. The highest BCUT2D eigenvalue weighted by Crippen LogP contribution is 2.24. The van der Waals surface area contributed by atoms with E-state index in [9.17, 15) is 4.79 Å². The summed E-state index contributed by atoms with van der Waals surface area (Å²) in [7, 11) is 0. The number of nitrogens with zero attached hydrogens (tertiary/aromatic N) is 1. The van der Waals surface area contributed by atoms with E-state index >= 15 is 0 Å². The molecule has 1 atom stereocenters. The first kappa shape index (κ1) is 13.7. The summed E-state index contributed by atoms with van der Waals surface area (Å²) in [5, 5.41) is 0. The second-order valence-electron chi connectivity index (χ2n) is 6.52. The summed E-state index contributed by atoms with van der Waals surface area (Å²) in [4.78, 5) is 14.3. The van der Waals surface area contributed by atoms with Gasteiger partial charge in [-0.15, -0.1) is 0 Å². The van der Waals surface area contributed by atoms with Crippen LogP contribution in [0.1, 0.15) is 47.5 Å². The molecule has 1 heterocycles. The van der Waals surface area contributed by atoms with Gasteiger partial charge >= 0.3 is 0 Å². The van der Waals surface area contributed by atoms with Crippen LogP contribution in [0.15, 0.2) is 0 Å². The molecule has 1 saturated heterocycles. The van der Waals surface area contributed by atoms with E-state index in [0.717, 1.165) is 18.4 Å². The Bertz CT molecular complexity index is 240. The van der Waals surface area contributed by atoms with E-state index < -0.39 is 0 Å². The molecule has 0 spiro atoms. The summed E-state index contributed by atoms with van der Waals surface area (Å²) in [6.07, 6.45) is 2.02. The Hall–Kier alpha value is -0.370. The van der Waals surface area contributed by atoms with Crippen LogP contribution in [0.2, 0.25) is 0 Å². The lowest BCUT2D eigenvalue weighted by Gasteiger charge is -2.21. The molecule has 1 fully saturated rings. The fourth-order valence-electron chi connectivity index (χ4n) is 2.24. The van der Waals surface area contributed by atoms with Gasteiger partial charge in [-0.2, -0.15) is 0 Å². The minimum absolute atomic E-state index is 0.169. The number of carbonyl (C=O) groups is 1. The van der Waals surface area contributed by atoms with E-state index in [0.29, 0.717) is 12.2 Å². The van der Waals surface area contributed by atoms with Crippen LogP contribution >= 0.6 is 0 Å². The number of ketones is 1. The molecule has 2 nitrogen and oxygen atoms in total. The first-order valence-corrected chi connectivity index (χ1v) is 6.56. The second kappa shape index (κ2) is 5.31. The van der Waals surface area contributed by atoms with Crippen LogP contribution in [0, 0.1) is 17.3 Å². The van der Waals surface area contributed by atoms with Crippen LogP contribution in [0.5, 0.6) is 0 Å². The van der Waals surface area contributed by atoms with Crippen LogP contribution in [-0.4, -0.2) is 30.3 Å². The minimum atomic E-state index is -0.169. The normalized spacial score (nSPS) is 23.0. The molecule has 0 N–H and O–H groups in total. The molecule has 0 saturated carbocycles. The van der Waals surface area contributed by atoms with Crippen LogP contribution in [0.4, 0.5) is 0 Å². The lowest BCUT2D eigenvalue weighted by Crippen LogP contribution is -2.28. The van der Waals surface area contributed by atoms with Gasteiger partial charge in [0, 0.05) is 24.9 Å². The highest BCUT2D eigenvalue weighted by molar-refractivity contribution is 5.83. The molecule has 1 unspecified atom stereocenters. The fourth-order valence-corrected chi connectivity index (χ4v) is 2.24. The van der Waals surface area contributed by atoms with Gasteiger partial charge in [-0.1, -0.05) is 34.6 Å². The molecular formula is C14H27NO. The maximum absolute atomic E-state index is 11.8. The first-order chi connectivity index (χ1) is 7.30. The Labute approximate surface area is 100 Å². The highest BCUT2D eigenvalue weighted by Gasteiger charge is 2.26. The van der Waals surface area contributed by atoms with E-state index in [2.05, 4.69) is 18.7 Å². The van der Waals surface area contributed by atoms with Crippen LogP contribution in [0.3, 0.4) is 0 Å². The van der Waals surface area contributed by atoms with Crippen LogP contribution in [0.25, 0.3) is 0 Å². The number of likely N-dealkylation sites (tertiary alicyclic amines) is 1. The molecule has 0 aromatic carbocycles. The van der Waals surface area contributed by atoms with Crippen molar-refractivity contribution < 1.29 is 4.79 Å². The van der Waals surface area contributed by atoms with E-state index in [1.165, 1.54) is 19.5 Å². The van der Waals surface area contributed by atoms with Crippen molar-refractivity contribution in [3.8, 4) is 0 Å². The molecule has 2 heteroatoms. The lowest BCUT2D eigenvalue weighted by molar-refractivity contribution is -0.126. The van der Waals surface area contributed by atoms with Gasteiger partial charge < -0.3 is 4.90 Å². The average molecular weight is 225 g/mol. The molecule has 0 radical (unpaired) electrons. The molecule has 94 valence electrons. The van der Waals surface area contributed by atoms with Gasteiger partial charge in [0.25, 0.3) is 0 Å². The smallest absolute Gasteiger partial charge is 0.139 e. The van der Waals surface area contributed by atoms with Crippen molar-refractivity contribution in [2.45, 2.75) is 47.5 Å². The van der Waals surface area contributed by atoms with Crippen molar-refractivity contribution in [2.75, 3.05) is 19.6 Å². The standard InChI is InChI=1S/C14H27NO/c1-11(2)12-6-8-15(10-12)9-7-13(16)14(3,4)5/h11-12H,6-10H2,1-5H3. The Balaban J connectivity index is 2.28. The molecule has 0 aliphatic carbocycles. The number of Topliss-reactive ketones (excluding diaryl/α,β-unsaturated/α-hetero) is 1. The quantitative estimate of drug-likeness (QED) is 0.733. The molecule has 0 bridgehead atoms. The number of carbonyl (C=O) groups excluding carboxylic acids is 1. The third kappa shape index (κ3) is 3.89. The maximum atomic E-state index is 11.8. The lowest BCUT2D eigenvalue weighted by atomic mass is 9.89. The van der Waals surface area contributed by atoms with Gasteiger partial charge in [-0.3, -0.25) is 4.79 Å². The molecule has 0 amide bonds. The summed E-state index contributed by atoms with van der Waals surface area (Å²) in [6, 6.07) is 0. The summed E-state index contributed by atoms with van der Waals surface area (Å²) in [5.74, 6) is 2.01. The molecule has 0 aromatic heterocycles.